The van der Waals surface area contributed by atoms with Crippen LogP contribution in [0.25, 0.3) is 0 Å². The summed E-state index contributed by atoms with van der Waals surface area (Å²) in [5.74, 6) is -0.523. The van der Waals surface area contributed by atoms with Crippen molar-refractivity contribution in [1.82, 2.24) is 4.98 Å². The van der Waals surface area contributed by atoms with Crippen molar-refractivity contribution in [1.29, 1.82) is 0 Å². The summed E-state index contributed by atoms with van der Waals surface area (Å²) in [7, 11) is -2.44. The van der Waals surface area contributed by atoms with Gasteiger partial charge in [-0.15, -0.1) is 0 Å². The molecule has 1 aliphatic heterocycles. The number of allylic oxidation sites excluding steroid dienone is 1. The number of Topliss-reactive ketones (excluding diaryl/α,β-unsaturated/α-hetero) is 1. The smallest absolute Gasteiger partial charge is 0.269 e. The summed E-state index contributed by atoms with van der Waals surface area (Å²) in [6, 6.07) is 10.0. The van der Waals surface area contributed by atoms with Gasteiger partial charge in [-0.2, -0.15) is 0 Å². The number of ketones is 1. The highest BCUT2D eigenvalue weighted by Gasteiger charge is 2.37. The minimum atomic E-state index is -3.87. The highest BCUT2D eigenvalue weighted by atomic mass is 32.2. The number of pyridine rings is 1. The summed E-state index contributed by atoms with van der Waals surface area (Å²) in [6.45, 7) is 0. The van der Waals surface area contributed by atoms with E-state index in [2.05, 4.69) is 10.3 Å². The number of nitrogens with zero attached hydrogens (tertiary/aromatic N) is 2. The van der Waals surface area contributed by atoms with Gasteiger partial charge in [0.25, 0.3) is 10.0 Å². The third-order valence-corrected chi connectivity index (χ3v) is 5.16. The molecule has 7 heteroatoms. The van der Waals surface area contributed by atoms with Gasteiger partial charge in [0.2, 0.25) is 5.78 Å². The Morgan fingerprint density at radius 3 is 2.68 bits per heavy atom. The average Bonchev–Trinajstić information content (AvgIpc) is 2.54. The van der Waals surface area contributed by atoms with Gasteiger partial charge >= 0.3 is 0 Å². The summed E-state index contributed by atoms with van der Waals surface area (Å²) >= 11 is 0. The Balaban J connectivity index is 2.06. The van der Waals surface area contributed by atoms with Crippen LogP contribution in [0.1, 0.15) is 10.4 Å². The molecule has 0 saturated heterocycles. The lowest BCUT2D eigenvalue weighted by Crippen LogP contribution is -2.36. The molecule has 2 heterocycles. The number of hydrogen-bond acceptors (Lipinski definition) is 5. The standard InChI is InChI=1S/C15H13N3O3S/c1-18-13-7-3-2-6-12(13)15(19)14(22(18,20)21)10-17-11-5-4-8-16-9-11/h2-10,17H,1H3/b14-10+. The lowest BCUT2D eigenvalue weighted by Gasteiger charge is -2.27. The van der Waals surface area contributed by atoms with E-state index in [0.717, 1.165) is 4.31 Å². The highest BCUT2D eigenvalue weighted by molar-refractivity contribution is 7.97. The molecular weight excluding hydrogens is 302 g/mol. The number of aromatic nitrogens is 1. The topological polar surface area (TPSA) is 79.4 Å². The molecule has 0 amide bonds. The van der Waals surface area contributed by atoms with Crippen molar-refractivity contribution in [3.8, 4) is 0 Å². The molecule has 1 aromatic carbocycles. The van der Waals surface area contributed by atoms with Gasteiger partial charge in [-0.3, -0.25) is 14.1 Å². The third-order valence-electron chi connectivity index (χ3n) is 3.38. The molecule has 0 bridgehead atoms. The van der Waals surface area contributed by atoms with Gasteiger partial charge in [0.15, 0.2) is 4.91 Å². The second kappa shape index (κ2) is 5.27. The molecule has 0 aliphatic carbocycles. The van der Waals surface area contributed by atoms with Crippen molar-refractivity contribution in [3.63, 3.8) is 0 Å². The van der Waals surface area contributed by atoms with E-state index in [-0.39, 0.29) is 4.91 Å². The second-order valence-corrected chi connectivity index (χ2v) is 6.65. The number of carbonyl (C=O) groups is 1. The van der Waals surface area contributed by atoms with Gasteiger partial charge < -0.3 is 5.32 Å². The van der Waals surface area contributed by atoms with Crippen molar-refractivity contribution >= 4 is 27.2 Å². The van der Waals surface area contributed by atoms with E-state index in [9.17, 15) is 13.2 Å². The quantitative estimate of drug-likeness (QED) is 0.857. The van der Waals surface area contributed by atoms with E-state index in [1.54, 1.807) is 42.6 Å². The normalized spacial score (nSPS) is 18.1. The van der Waals surface area contributed by atoms with Crippen molar-refractivity contribution in [2.45, 2.75) is 0 Å². The molecule has 1 aliphatic rings. The molecule has 0 spiro atoms. The summed E-state index contributed by atoms with van der Waals surface area (Å²) in [4.78, 5) is 16.1. The van der Waals surface area contributed by atoms with Gasteiger partial charge in [-0.25, -0.2) is 8.42 Å². The van der Waals surface area contributed by atoms with Crippen LogP contribution in [0.3, 0.4) is 0 Å². The van der Waals surface area contributed by atoms with Crippen LogP contribution in [-0.4, -0.2) is 26.2 Å². The average molecular weight is 315 g/mol. The zero-order valence-electron chi connectivity index (χ0n) is 11.7. The zero-order chi connectivity index (χ0) is 15.7. The fourth-order valence-corrected chi connectivity index (χ4v) is 3.47. The monoisotopic (exact) mass is 315 g/mol. The Labute approximate surface area is 128 Å². The predicted octanol–water partition coefficient (Wildman–Crippen LogP) is 2.00. The molecule has 0 saturated carbocycles. The number of para-hydroxylation sites is 1. The Morgan fingerprint density at radius 2 is 1.95 bits per heavy atom. The molecule has 0 unspecified atom stereocenters. The molecule has 1 N–H and O–H groups in total. The number of anilines is 2. The summed E-state index contributed by atoms with van der Waals surface area (Å²) in [5, 5.41) is 2.80. The lowest BCUT2D eigenvalue weighted by atomic mass is 10.1. The minimum Gasteiger partial charge on any atom is -0.359 e. The van der Waals surface area contributed by atoms with E-state index in [0.29, 0.717) is 16.9 Å². The van der Waals surface area contributed by atoms with Gasteiger partial charge in [-0.1, -0.05) is 12.1 Å². The van der Waals surface area contributed by atoms with Crippen LogP contribution in [-0.2, 0) is 10.0 Å². The summed E-state index contributed by atoms with van der Waals surface area (Å²) < 4.78 is 26.1. The molecule has 0 atom stereocenters. The number of rotatable bonds is 2. The molecule has 0 radical (unpaired) electrons. The number of hydrogen-bond donors (Lipinski definition) is 1. The lowest BCUT2D eigenvalue weighted by molar-refractivity contribution is 0.104. The first-order chi connectivity index (χ1) is 10.5. The third kappa shape index (κ3) is 2.25. The van der Waals surface area contributed by atoms with Crippen LogP contribution in [0, 0.1) is 0 Å². The maximum atomic E-state index is 12.5. The van der Waals surface area contributed by atoms with Gasteiger partial charge in [-0.05, 0) is 24.3 Å². The number of fused-ring (bicyclic) bond motifs is 1. The number of carbonyl (C=O) groups excluding carboxylic acids is 1. The predicted molar refractivity (Wildman–Crippen MR) is 84.0 cm³/mol. The summed E-state index contributed by atoms with van der Waals surface area (Å²) in [6.07, 6.45) is 4.35. The molecule has 22 heavy (non-hydrogen) atoms. The number of benzene rings is 1. The first-order valence-corrected chi connectivity index (χ1v) is 7.95. The Hall–Kier alpha value is -2.67. The number of sulfonamides is 1. The van der Waals surface area contributed by atoms with Crippen LogP contribution >= 0.6 is 0 Å². The largest absolute Gasteiger partial charge is 0.359 e. The molecule has 0 fully saturated rings. The Morgan fingerprint density at radius 1 is 1.18 bits per heavy atom. The van der Waals surface area contributed by atoms with Crippen molar-refractivity contribution in [2.24, 2.45) is 0 Å². The molecular formula is C15H13N3O3S. The number of nitrogens with one attached hydrogen (secondary N) is 1. The zero-order valence-corrected chi connectivity index (χ0v) is 12.5. The Bertz CT molecular complexity index is 861. The fraction of sp³-hybridized carbons (Fsp3) is 0.0667. The fourth-order valence-electron chi connectivity index (χ4n) is 2.20. The van der Waals surface area contributed by atoms with Gasteiger partial charge in [0.1, 0.15) is 0 Å². The van der Waals surface area contributed by atoms with E-state index in [1.807, 2.05) is 0 Å². The van der Waals surface area contributed by atoms with E-state index >= 15 is 0 Å². The first-order valence-electron chi connectivity index (χ1n) is 6.51. The maximum absolute atomic E-state index is 12.5. The van der Waals surface area contributed by atoms with Crippen LogP contribution in [0.15, 0.2) is 59.9 Å². The second-order valence-electron chi connectivity index (χ2n) is 4.71. The molecule has 3 rings (SSSR count). The molecule has 2 aromatic rings. The highest BCUT2D eigenvalue weighted by Crippen LogP contribution is 2.33. The maximum Gasteiger partial charge on any atom is 0.269 e. The molecule has 6 nitrogen and oxygen atoms in total. The van der Waals surface area contributed by atoms with E-state index in [1.165, 1.54) is 19.4 Å². The first kappa shape index (κ1) is 14.3. The van der Waals surface area contributed by atoms with Crippen LogP contribution in [0.2, 0.25) is 0 Å². The molecule has 112 valence electrons. The summed E-state index contributed by atoms with van der Waals surface area (Å²) in [5.41, 5.74) is 1.34. The van der Waals surface area contributed by atoms with Crippen LogP contribution < -0.4 is 9.62 Å². The van der Waals surface area contributed by atoms with Crippen molar-refractivity contribution in [2.75, 3.05) is 16.7 Å². The van der Waals surface area contributed by atoms with E-state index < -0.39 is 15.8 Å². The SMILES string of the molecule is CN1c2ccccc2C(=O)/C(=C\Nc2cccnc2)S1(=O)=O. The van der Waals surface area contributed by atoms with Crippen molar-refractivity contribution in [3.05, 3.63) is 65.5 Å². The van der Waals surface area contributed by atoms with E-state index in [4.69, 9.17) is 0 Å². The molecule has 1 aromatic heterocycles. The Kier molecular flexibility index (Phi) is 3.42. The van der Waals surface area contributed by atoms with Crippen LogP contribution in [0.4, 0.5) is 11.4 Å². The van der Waals surface area contributed by atoms with Crippen molar-refractivity contribution < 1.29 is 13.2 Å². The van der Waals surface area contributed by atoms with Gasteiger partial charge in [0, 0.05) is 25.0 Å². The van der Waals surface area contributed by atoms with Crippen LogP contribution in [0.5, 0.6) is 0 Å². The minimum absolute atomic E-state index is 0.294. The van der Waals surface area contributed by atoms with Gasteiger partial charge in [0.05, 0.1) is 17.6 Å².